The van der Waals surface area contributed by atoms with Crippen molar-refractivity contribution in [2.75, 3.05) is 11.4 Å². The molecule has 2 amide bonds. The van der Waals surface area contributed by atoms with Crippen molar-refractivity contribution in [2.45, 2.75) is 13.0 Å². The van der Waals surface area contributed by atoms with Crippen molar-refractivity contribution in [2.24, 2.45) is 5.92 Å². The fraction of sp³-hybridized carbons (Fsp3) is 0.222. The van der Waals surface area contributed by atoms with Crippen LogP contribution < -0.4 is 10.2 Å². The third kappa shape index (κ3) is 3.56. The van der Waals surface area contributed by atoms with E-state index in [4.69, 9.17) is 0 Å². The van der Waals surface area contributed by atoms with Crippen molar-refractivity contribution in [3.63, 3.8) is 0 Å². The number of nitrogens with one attached hydrogen (secondary N) is 1. The molecule has 3 rings (SSSR count). The lowest BCUT2D eigenvalue weighted by atomic mass is 10.1. The molecule has 1 heterocycles. The topological polar surface area (TPSA) is 49.4 Å². The molecular formula is C18H17FN2O2. The maximum absolute atomic E-state index is 13.0. The number of hydrogen-bond donors (Lipinski definition) is 1. The molecule has 4 nitrogen and oxygen atoms in total. The van der Waals surface area contributed by atoms with Crippen molar-refractivity contribution in [1.82, 2.24) is 5.32 Å². The van der Waals surface area contributed by atoms with Crippen LogP contribution in [0.15, 0.2) is 54.6 Å². The Morgan fingerprint density at radius 1 is 1.13 bits per heavy atom. The predicted molar refractivity (Wildman–Crippen MR) is 85.1 cm³/mol. The van der Waals surface area contributed by atoms with E-state index < -0.39 is 0 Å². The first-order valence-corrected chi connectivity index (χ1v) is 7.51. The summed E-state index contributed by atoms with van der Waals surface area (Å²) < 4.78 is 13.0. The molecule has 1 atom stereocenters. The number of amides is 2. The number of carbonyl (C=O) groups is 2. The minimum atomic E-state index is -0.378. The lowest BCUT2D eigenvalue weighted by Crippen LogP contribution is -2.32. The van der Waals surface area contributed by atoms with Gasteiger partial charge in [0, 0.05) is 25.2 Å². The van der Waals surface area contributed by atoms with E-state index in [1.807, 2.05) is 30.3 Å². The number of rotatable bonds is 4. The number of hydrogen-bond acceptors (Lipinski definition) is 2. The Kier molecular flexibility index (Phi) is 4.37. The molecule has 0 aromatic heterocycles. The molecule has 0 aliphatic carbocycles. The molecule has 2 aromatic rings. The number of halogens is 1. The van der Waals surface area contributed by atoms with Crippen molar-refractivity contribution in [3.05, 3.63) is 66.0 Å². The molecule has 0 unspecified atom stereocenters. The SMILES string of the molecule is O=C(NCc1ccccc1)[C@H]1CC(=O)N(c2ccc(F)cc2)C1. The van der Waals surface area contributed by atoms with Gasteiger partial charge in [-0.15, -0.1) is 0 Å². The van der Waals surface area contributed by atoms with Crippen LogP contribution in [-0.2, 0) is 16.1 Å². The van der Waals surface area contributed by atoms with Gasteiger partial charge in [0.25, 0.3) is 0 Å². The van der Waals surface area contributed by atoms with E-state index >= 15 is 0 Å². The molecule has 1 N–H and O–H groups in total. The first-order chi connectivity index (χ1) is 11.1. The highest BCUT2D eigenvalue weighted by molar-refractivity contribution is 6.00. The molecule has 1 aliphatic heterocycles. The average Bonchev–Trinajstić information content (AvgIpc) is 2.96. The molecule has 2 aromatic carbocycles. The molecular weight excluding hydrogens is 295 g/mol. The molecule has 0 radical (unpaired) electrons. The van der Waals surface area contributed by atoms with Crippen LogP contribution in [-0.4, -0.2) is 18.4 Å². The van der Waals surface area contributed by atoms with Crippen molar-refractivity contribution < 1.29 is 14.0 Å². The van der Waals surface area contributed by atoms with Gasteiger partial charge in [-0.2, -0.15) is 0 Å². The summed E-state index contributed by atoms with van der Waals surface area (Å²) >= 11 is 0. The standard InChI is InChI=1S/C18H17FN2O2/c19-15-6-8-16(9-7-15)21-12-14(10-17(21)22)18(23)20-11-13-4-2-1-3-5-13/h1-9,14H,10-12H2,(H,20,23)/t14-/m0/s1. The van der Waals surface area contributed by atoms with E-state index in [0.717, 1.165) is 5.56 Å². The van der Waals surface area contributed by atoms with E-state index in [2.05, 4.69) is 5.32 Å². The van der Waals surface area contributed by atoms with Crippen LogP contribution in [0.4, 0.5) is 10.1 Å². The molecule has 1 saturated heterocycles. The van der Waals surface area contributed by atoms with E-state index in [9.17, 15) is 14.0 Å². The van der Waals surface area contributed by atoms with Gasteiger partial charge in [-0.25, -0.2) is 4.39 Å². The molecule has 5 heteroatoms. The Labute approximate surface area is 133 Å². The van der Waals surface area contributed by atoms with Crippen LogP contribution in [0.25, 0.3) is 0 Å². The summed E-state index contributed by atoms with van der Waals surface area (Å²) in [6, 6.07) is 15.3. The minimum Gasteiger partial charge on any atom is -0.352 e. The quantitative estimate of drug-likeness (QED) is 0.943. The number of carbonyl (C=O) groups excluding carboxylic acids is 2. The molecule has 0 bridgehead atoms. The Morgan fingerprint density at radius 2 is 1.83 bits per heavy atom. The van der Waals surface area contributed by atoms with Gasteiger partial charge in [0.1, 0.15) is 5.82 Å². The van der Waals surface area contributed by atoms with Crippen LogP contribution in [0.5, 0.6) is 0 Å². The van der Waals surface area contributed by atoms with Gasteiger partial charge >= 0.3 is 0 Å². The summed E-state index contributed by atoms with van der Waals surface area (Å²) in [5.74, 6) is -0.975. The van der Waals surface area contributed by atoms with Gasteiger partial charge in [-0.1, -0.05) is 30.3 Å². The normalized spacial score (nSPS) is 17.3. The average molecular weight is 312 g/mol. The number of anilines is 1. The summed E-state index contributed by atoms with van der Waals surface area (Å²) in [7, 11) is 0. The predicted octanol–water partition coefficient (Wildman–Crippen LogP) is 2.50. The van der Waals surface area contributed by atoms with Crippen molar-refractivity contribution >= 4 is 17.5 Å². The molecule has 0 spiro atoms. The summed E-state index contributed by atoms with van der Waals surface area (Å²) in [6.07, 6.45) is 0.179. The van der Waals surface area contributed by atoms with Crippen LogP contribution in [0, 0.1) is 11.7 Å². The summed E-state index contributed by atoms with van der Waals surface area (Å²) in [5.41, 5.74) is 1.63. The largest absolute Gasteiger partial charge is 0.352 e. The first-order valence-electron chi connectivity index (χ1n) is 7.51. The van der Waals surface area contributed by atoms with E-state index in [0.29, 0.717) is 18.8 Å². The van der Waals surface area contributed by atoms with Crippen LogP contribution in [0.3, 0.4) is 0 Å². The van der Waals surface area contributed by atoms with E-state index in [1.165, 1.54) is 17.0 Å². The Balaban J connectivity index is 1.60. The fourth-order valence-corrected chi connectivity index (χ4v) is 2.68. The second-order valence-corrected chi connectivity index (χ2v) is 5.59. The lowest BCUT2D eigenvalue weighted by Gasteiger charge is -2.16. The highest BCUT2D eigenvalue weighted by Gasteiger charge is 2.34. The summed E-state index contributed by atoms with van der Waals surface area (Å²) in [5, 5.41) is 2.86. The monoisotopic (exact) mass is 312 g/mol. The second kappa shape index (κ2) is 6.60. The van der Waals surface area contributed by atoms with Crippen molar-refractivity contribution in [3.8, 4) is 0 Å². The van der Waals surface area contributed by atoms with E-state index in [-0.39, 0.29) is 30.0 Å². The minimum absolute atomic E-state index is 0.114. The van der Waals surface area contributed by atoms with Gasteiger partial charge in [0.05, 0.1) is 5.92 Å². The fourth-order valence-electron chi connectivity index (χ4n) is 2.68. The van der Waals surface area contributed by atoms with Gasteiger partial charge in [-0.05, 0) is 29.8 Å². The zero-order valence-electron chi connectivity index (χ0n) is 12.5. The number of nitrogens with zero attached hydrogens (tertiary/aromatic N) is 1. The Bertz CT molecular complexity index is 701. The van der Waals surface area contributed by atoms with Gasteiger partial charge < -0.3 is 10.2 Å². The van der Waals surface area contributed by atoms with Crippen LogP contribution in [0.1, 0.15) is 12.0 Å². The second-order valence-electron chi connectivity index (χ2n) is 5.59. The highest BCUT2D eigenvalue weighted by atomic mass is 19.1. The first kappa shape index (κ1) is 15.2. The smallest absolute Gasteiger partial charge is 0.227 e. The molecule has 0 saturated carbocycles. The highest BCUT2D eigenvalue weighted by Crippen LogP contribution is 2.25. The maximum atomic E-state index is 13.0. The third-order valence-electron chi connectivity index (χ3n) is 3.94. The van der Waals surface area contributed by atoms with Crippen LogP contribution in [0.2, 0.25) is 0 Å². The zero-order chi connectivity index (χ0) is 16.2. The van der Waals surface area contributed by atoms with Gasteiger partial charge in [0.15, 0.2) is 0 Å². The number of benzene rings is 2. The summed E-state index contributed by atoms with van der Waals surface area (Å²) in [4.78, 5) is 25.9. The zero-order valence-corrected chi connectivity index (χ0v) is 12.5. The Hall–Kier alpha value is -2.69. The third-order valence-corrected chi connectivity index (χ3v) is 3.94. The van der Waals surface area contributed by atoms with E-state index in [1.54, 1.807) is 12.1 Å². The Morgan fingerprint density at radius 3 is 2.52 bits per heavy atom. The molecule has 23 heavy (non-hydrogen) atoms. The molecule has 1 aliphatic rings. The van der Waals surface area contributed by atoms with Gasteiger partial charge in [-0.3, -0.25) is 9.59 Å². The summed E-state index contributed by atoms with van der Waals surface area (Å²) in [6.45, 7) is 0.770. The maximum Gasteiger partial charge on any atom is 0.227 e. The van der Waals surface area contributed by atoms with Crippen LogP contribution >= 0.6 is 0 Å². The molecule has 118 valence electrons. The van der Waals surface area contributed by atoms with Gasteiger partial charge in [0.2, 0.25) is 11.8 Å². The lowest BCUT2D eigenvalue weighted by molar-refractivity contribution is -0.126. The van der Waals surface area contributed by atoms with Crippen molar-refractivity contribution in [1.29, 1.82) is 0 Å². The molecule has 1 fully saturated rings.